The van der Waals surface area contributed by atoms with Crippen LogP contribution in [0.1, 0.15) is 22.3 Å². The van der Waals surface area contributed by atoms with Crippen molar-refractivity contribution in [2.75, 3.05) is 37.6 Å². The summed E-state index contributed by atoms with van der Waals surface area (Å²) in [6.45, 7) is 8.74. The van der Waals surface area contributed by atoms with Crippen molar-refractivity contribution in [1.82, 2.24) is 9.47 Å². The lowest BCUT2D eigenvalue weighted by molar-refractivity contribution is 0.112. The molecule has 4 heteroatoms. The van der Waals surface area contributed by atoms with Crippen LogP contribution in [0.4, 0.5) is 5.69 Å². The maximum atomic E-state index is 10.9. The largest absolute Gasteiger partial charge is 0.369 e. The Morgan fingerprint density at radius 3 is 2.44 bits per heavy atom. The van der Waals surface area contributed by atoms with Gasteiger partial charge in [0.05, 0.1) is 0 Å². The zero-order chi connectivity index (χ0) is 18.6. The van der Waals surface area contributed by atoms with Gasteiger partial charge in [-0.25, -0.2) is 0 Å². The predicted molar refractivity (Wildman–Crippen MR) is 112 cm³/mol. The number of nitrogens with zero attached hydrogens (tertiary/aromatic N) is 3. The smallest absolute Gasteiger partial charge is 0.150 e. The standard InChI is InChI=1S/C23H27N3O/c1-19-3-6-22(7-4-19)25-15-13-24(14-16-25)10-2-11-26-12-9-21-17-20(18-27)5-8-23(21)26/h3-9,12,17-18H,2,10-11,13-16H2,1H3. The minimum absolute atomic E-state index is 0.742. The first-order valence-corrected chi connectivity index (χ1v) is 9.81. The van der Waals surface area contributed by atoms with E-state index < -0.39 is 0 Å². The summed E-state index contributed by atoms with van der Waals surface area (Å²) in [7, 11) is 0. The molecule has 3 aromatic rings. The van der Waals surface area contributed by atoms with Crippen LogP contribution in [-0.2, 0) is 6.54 Å². The van der Waals surface area contributed by atoms with Crippen LogP contribution < -0.4 is 4.90 Å². The Labute approximate surface area is 161 Å². The molecule has 0 unspecified atom stereocenters. The molecule has 0 saturated carbocycles. The second-order valence-electron chi connectivity index (χ2n) is 7.46. The second-order valence-corrected chi connectivity index (χ2v) is 7.46. The number of piperazine rings is 1. The molecule has 0 spiro atoms. The minimum atomic E-state index is 0.742. The zero-order valence-corrected chi connectivity index (χ0v) is 16.0. The molecule has 0 amide bonds. The third-order valence-electron chi connectivity index (χ3n) is 5.58. The number of hydrogen-bond acceptors (Lipinski definition) is 3. The summed E-state index contributed by atoms with van der Waals surface area (Å²) in [5.41, 5.74) is 4.61. The average Bonchev–Trinajstić information content (AvgIpc) is 3.11. The number of fused-ring (bicyclic) bond motifs is 1. The van der Waals surface area contributed by atoms with Crippen LogP contribution in [0.25, 0.3) is 10.9 Å². The van der Waals surface area contributed by atoms with Crippen molar-refractivity contribution in [3.05, 3.63) is 65.9 Å². The Bertz CT molecular complexity index is 905. The molecule has 140 valence electrons. The molecule has 27 heavy (non-hydrogen) atoms. The fourth-order valence-electron chi connectivity index (χ4n) is 3.94. The van der Waals surface area contributed by atoms with E-state index in [1.807, 2.05) is 12.1 Å². The van der Waals surface area contributed by atoms with E-state index in [4.69, 9.17) is 0 Å². The van der Waals surface area contributed by atoms with Gasteiger partial charge in [-0.3, -0.25) is 9.69 Å². The summed E-state index contributed by atoms with van der Waals surface area (Å²) in [5, 5.41) is 1.14. The van der Waals surface area contributed by atoms with E-state index >= 15 is 0 Å². The van der Waals surface area contributed by atoms with Gasteiger partial charge in [-0.15, -0.1) is 0 Å². The highest BCUT2D eigenvalue weighted by Crippen LogP contribution is 2.19. The van der Waals surface area contributed by atoms with Crippen LogP contribution in [-0.4, -0.2) is 48.5 Å². The zero-order valence-electron chi connectivity index (χ0n) is 16.0. The van der Waals surface area contributed by atoms with Crippen LogP contribution >= 0.6 is 0 Å². The number of benzene rings is 2. The number of hydrogen-bond donors (Lipinski definition) is 0. The van der Waals surface area contributed by atoms with Crippen molar-refractivity contribution in [1.29, 1.82) is 0 Å². The molecule has 1 fully saturated rings. The van der Waals surface area contributed by atoms with Gasteiger partial charge in [-0.1, -0.05) is 17.7 Å². The van der Waals surface area contributed by atoms with Crippen molar-refractivity contribution in [3.63, 3.8) is 0 Å². The van der Waals surface area contributed by atoms with E-state index in [2.05, 4.69) is 63.9 Å². The topological polar surface area (TPSA) is 28.5 Å². The third-order valence-corrected chi connectivity index (χ3v) is 5.58. The summed E-state index contributed by atoms with van der Waals surface area (Å²) in [6.07, 6.45) is 4.19. The molecule has 0 atom stereocenters. The summed E-state index contributed by atoms with van der Waals surface area (Å²) in [5.74, 6) is 0. The molecule has 1 aliphatic rings. The Kier molecular flexibility index (Phi) is 5.26. The molecule has 2 heterocycles. The Morgan fingerprint density at radius 1 is 0.926 bits per heavy atom. The van der Waals surface area contributed by atoms with E-state index in [1.165, 1.54) is 16.8 Å². The van der Waals surface area contributed by atoms with Crippen LogP contribution in [0.5, 0.6) is 0 Å². The first kappa shape index (κ1) is 17.8. The average molecular weight is 361 g/mol. The molecular formula is C23H27N3O. The molecule has 0 aliphatic carbocycles. The minimum Gasteiger partial charge on any atom is -0.369 e. The van der Waals surface area contributed by atoms with Crippen molar-refractivity contribution >= 4 is 22.9 Å². The summed E-state index contributed by atoms with van der Waals surface area (Å²) >= 11 is 0. The van der Waals surface area contributed by atoms with Gasteiger partial charge < -0.3 is 9.47 Å². The number of aldehydes is 1. The molecule has 0 N–H and O–H groups in total. The van der Waals surface area contributed by atoms with Gasteiger partial charge in [0.2, 0.25) is 0 Å². The lowest BCUT2D eigenvalue weighted by Crippen LogP contribution is -2.46. The number of aryl methyl sites for hydroxylation is 2. The molecule has 2 aromatic carbocycles. The number of carbonyl (C=O) groups excluding carboxylic acids is 1. The van der Waals surface area contributed by atoms with Crippen LogP contribution in [0.15, 0.2) is 54.7 Å². The van der Waals surface area contributed by atoms with Crippen molar-refractivity contribution in [2.45, 2.75) is 19.9 Å². The number of carbonyl (C=O) groups is 1. The maximum absolute atomic E-state index is 10.9. The van der Waals surface area contributed by atoms with Gasteiger partial charge in [0.15, 0.2) is 0 Å². The number of aromatic nitrogens is 1. The van der Waals surface area contributed by atoms with E-state index in [0.717, 1.165) is 62.9 Å². The lowest BCUT2D eigenvalue weighted by atomic mass is 10.2. The molecule has 4 nitrogen and oxygen atoms in total. The molecule has 1 aliphatic heterocycles. The SMILES string of the molecule is Cc1ccc(N2CCN(CCCn3ccc4cc(C=O)ccc43)CC2)cc1. The molecule has 1 aromatic heterocycles. The van der Waals surface area contributed by atoms with E-state index in [-0.39, 0.29) is 0 Å². The van der Waals surface area contributed by atoms with Gasteiger partial charge in [0, 0.05) is 61.1 Å². The third kappa shape index (κ3) is 4.06. The Hall–Kier alpha value is -2.59. The Balaban J connectivity index is 1.27. The van der Waals surface area contributed by atoms with Crippen molar-refractivity contribution < 1.29 is 4.79 Å². The summed E-state index contributed by atoms with van der Waals surface area (Å²) in [4.78, 5) is 16.0. The highest BCUT2D eigenvalue weighted by molar-refractivity contribution is 5.87. The van der Waals surface area contributed by atoms with Crippen LogP contribution in [0.2, 0.25) is 0 Å². The van der Waals surface area contributed by atoms with Gasteiger partial charge in [-0.2, -0.15) is 0 Å². The molecular weight excluding hydrogens is 334 g/mol. The fourth-order valence-corrected chi connectivity index (χ4v) is 3.94. The monoisotopic (exact) mass is 361 g/mol. The van der Waals surface area contributed by atoms with Gasteiger partial charge in [-0.05, 0) is 56.3 Å². The first-order valence-electron chi connectivity index (χ1n) is 9.81. The van der Waals surface area contributed by atoms with E-state index in [9.17, 15) is 4.79 Å². The highest BCUT2D eigenvalue weighted by Gasteiger charge is 2.16. The van der Waals surface area contributed by atoms with E-state index in [1.54, 1.807) is 0 Å². The number of anilines is 1. The van der Waals surface area contributed by atoms with Gasteiger partial charge in [0.25, 0.3) is 0 Å². The Morgan fingerprint density at radius 2 is 1.70 bits per heavy atom. The first-order chi connectivity index (χ1) is 13.2. The van der Waals surface area contributed by atoms with E-state index in [0.29, 0.717) is 0 Å². The number of rotatable bonds is 6. The summed E-state index contributed by atoms with van der Waals surface area (Å²) in [6, 6.07) is 16.9. The normalized spacial score (nSPS) is 15.4. The molecule has 1 saturated heterocycles. The predicted octanol–water partition coefficient (Wildman–Crippen LogP) is 3.97. The second kappa shape index (κ2) is 7.97. The molecule has 0 bridgehead atoms. The fraction of sp³-hybridized carbons (Fsp3) is 0.348. The van der Waals surface area contributed by atoms with Crippen molar-refractivity contribution in [3.8, 4) is 0 Å². The van der Waals surface area contributed by atoms with Gasteiger partial charge in [0.1, 0.15) is 6.29 Å². The van der Waals surface area contributed by atoms with Crippen molar-refractivity contribution in [2.24, 2.45) is 0 Å². The van der Waals surface area contributed by atoms with Crippen LogP contribution in [0.3, 0.4) is 0 Å². The molecule has 0 radical (unpaired) electrons. The van der Waals surface area contributed by atoms with Crippen LogP contribution in [0, 0.1) is 6.92 Å². The lowest BCUT2D eigenvalue weighted by Gasteiger charge is -2.36. The molecule has 4 rings (SSSR count). The van der Waals surface area contributed by atoms with Gasteiger partial charge >= 0.3 is 0 Å². The quantitative estimate of drug-likeness (QED) is 0.622. The highest BCUT2D eigenvalue weighted by atomic mass is 16.1. The maximum Gasteiger partial charge on any atom is 0.150 e. The summed E-state index contributed by atoms with van der Waals surface area (Å²) < 4.78 is 2.30.